The number of nitrogens with zero attached hydrogens (tertiary/aromatic N) is 2. The molecule has 0 aliphatic carbocycles. The van der Waals surface area contributed by atoms with E-state index in [1.165, 1.54) is 17.0 Å². The quantitative estimate of drug-likeness (QED) is 0.460. The normalized spacial score (nSPS) is 21.5. The third-order valence-corrected chi connectivity index (χ3v) is 10.1. The topological polar surface area (TPSA) is 92.9 Å². The molecule has 0 spiro atoms. The Morgan fingerprint density at radius 1 is 1.31 bits per heavy atom. The molecular formula is C18H28N2O5Si. The number of nitro benzene ring substituents is 1. The molecule has 1 N–H and O–H groups in total. The molecule has 1 fully saturated rings. The molecule has 7 nitrogen and oxygen atoms in total. The van der Waals surface area contributed by atoms with Crippen LogP contribution in [-0.2, 0) is 4.43 Å². The number of hydrogen-bond acceptors (Lipinski definition) is 4. The fraction of sp³-hybridized carbons (Fsp3) is 0.611. The number of likely N-dealkylation sites (tertiary alicyclic amines) is 1. The number of carbonyl (C=O) groups is 1. The fourth-order valence-electron chi connectivity index (χ4n) is 3.00. The Labute approximate surface area is 155 Å². The molecule has 0 radical (unpaired) electrons. The Bertz CT molecular complexity index is 669. The number of benzene rings is 1. The van der Waals surface area contributed by atoms with Crippen LogP contribution in [0, 0.1) is 10.1 Å². The first-order valence-electron chi connectivity index (χ1n) is 8.84. The maximum absolute atomic E-state index is 11.6. The van der Waals surface area contributed by atoms with Gasteiger partial charge in [-0.1, -0.05) is 32.9 Å². The summed E-state index contributed by atoms with van der Waals surface area (Å²) in [5.74, 6) is 0. The van der Waals surface area contributed by atoms with Crippen molar-refractivity contribution >= 4 is 20.1 Å². The predicted octanol–water partition coefficient (Wildman–Crippen LogP) is 4.80. The van der Waals surface area contributed by atoms with Crippen LogP contribution < -0.4 is 0 Å². The minimum absolute atomic E-state index is 0.000470. The second-order valence-corrected chi connectivity index (χ2v) is 13.1. The van der Waals surface area contributed by atoms with Crippen LogP contribution in [0.3, 0.4) is 0 Å². The molecule has 144 valence electrons. The summed E-state index contributed by atoms with van der Waals surface area (Å²) in [5, 5.41) is 20.5. The Hall–Kier alpha value is -1.93. The summed E-state index contributed by atoms with van der Waals surface area (Å²) < 4.78 is 6.50. The third-order valence-electron chi connectivity index (χ3n) is 5.56. The van der Waals surface area contributed by atoms with Crippen molar-refractivity contribution in [1.82, 2.24) is 4.90 Å². The average Bonchev–Trinajstić information content (AvgIpc) is 2.53. The van der Waals surface area contributed by atoms with Crippen molar-refractivity contribution in [3.05, 3.63) is 39.9 Å². The van der Waals surface area contributed by atoms with E-state index < -0.39 is 19.3 Å². The van der Waals surface area contributed by atoms with E-state index in [0.29, 0.717) is 19.4 Å². The van der Waals surface area contributed by atoms with Gasteiger partial charge in [-0.05, 0) is 36.5 Å². The molecule has 0 bridgehead atoms. The van der Waals surface area contributed by atoms with Crippen molar-refractivity contribution in [3.63, 3.8) is 0 Å². The van der Waals surface area contributed by atoms with Crippen LogP contribution in [0.2, 0.25) is 18.1 Å². The molecule has 1 saturated heterocycles. The smallest absolute Gasteiger partial charge is 0.407 e. The van der Waals surface area contributed by atoms with Gasteiger partial charge in [0.25, 0.3) is 5.69 Å². The van der Waals surface area contributed by atoms with E-state index >= 15 is 0 Å². The van der Waals surface area contributed by atoms with Gasteiger partial charge < -0.3 is 14.4 Å². The molecular weight excluding hydrogens is 352 g/mol. The van der Waals surface area contributed by atoms with Crippen molar-refractivity contribution in [2.75, 3.05) is 6.54 Å². The first kappa shape index (κ1) is 20.4. The lowest BCUT2D eigenvalue weighted by Gasteiger charge is -2.44. The van der Waals surface area contributed by atoms with Crippen LogP contribution in [0.1, 0.15) is 45.2 Å². The highest BCUT2D eigenvalue weighted by molar-refractivity contribution is 6.74. The molecule has 0 aromatic heterocycles. The zero-order chi connectivity index (χ0) is 19.7. The van der Waals surface area contributed by atoms with Crippen LogP contribution >= 0.6 is 0 Å². The van der Waals surface area contributed by atoms with Gasteiger partial charge in [0.15, 0.2) is 8.32 Å². The molecule has 2 unspecified atom stereocenters. The zero-order valence-electron chi connectivity index (χ0n) is 16.1. The lowest BCUT2D eigenvalue weighted by Crippen LogP contribution is -2.49. The van der Waals surface area contributed by atoms with Crippen molar-refractivity contribution < 1.29 is 19.3 Å². The highest BCUT2D eigenvalue weighted by Crippen LogP contribution is 2.41. The molecule has 1 aliphatic rings. The van der Waals surface area contributed by atoms with Crippen LogP contribution in [0.15, 0.2) is 24.3 Å². The van der Waals surface area contributed by atoms with Gasteiger partial charge in [-0.2, -0.15) is 0 Å². The first-order valence-corrected chi connectivity index (χ1v) is 11.7. The summed E-state index contributed by atoms with van der Waals surface area (Å²) >= 11 is 0. The van der Waals surface area contributed by atoms with Gasteiger partial charge in [0.05, 0.1) is 11.0 Å². The molecule has 8 heteroatoms. The fourth-order valence-corrected chi connectivity index (χ4v) is 4.40. The summed E-state index contributed by atoms with van der Waals surface area (Å²) in [6.07, 6.45) is 0.254. The first-order chi connectivity index (χ1) is 11.9. The molecule has 1 amide bonds. The summed E-state index contributed by atoms with van der Waals surface area (Å²) in [5.41, 5.74) is 0.766. The molecule has 26 heavy (non-hydrogen) atoms. The van der Waals surface area contributed by atoms with Crippen LogP contribution in [0.5, 0.6) is 0 Å². The minimum atomic E-state index is -1.95. The standard InChI is InChI=1S/C18H28N2O5Si/c1-18(2,3)26(4,5)25-15-10-11-19(17(21)22)16(12-15)13-6-8-14(9-7-13)20(23)24/h6-9,15-16H,10-12H2,1-5H3,(H,21,22). The van der Waals surface area contributed by atoms with Gasteiger partial charge in [0.1, 0.15) is 0 Å². The summed E-state index contributed by atoms with van der Waals surface area (Å²) in [7, 11) is -1.95. The predicted molar refractivity (Wildman–Crippen MR) is 102 cm³/mol. The number of nitro groups is 1. The van der Waals surface area contributed by atoms with Gasteiger partial charge in [-0.3, -0.25) is 10.1 Å². The average molecular weight is 381 g/mol. The van der Waals surface area contributed by atoms with E-state index in [0.717, 1.165) is 5.56 Å². The highest BCUT2D eigenvalue weighted by atomic mass is 28.4. The van der Waals surface area contributed by atoms with Crippen LogP contribution in [-0.4, -0.2) is 42.0 Å². The second-order valence-electron chi connectivity index (χ2n) is 8.36. The molecule has 1 aliphatic heterocycles. The second kappa shape index (κ2) is 7.36. The third kappa shape index (κ3) is 4.42. The van der Waals surface area contributed by atoms with Crippen molar-refractivity contribution in [1.29, 1.82) is 0 Å². The largest absolute Gasteiger partial charge is 0.465 e. The molecule has 1 aromatic rings. The van der Waals surface area contributed by atoms with E-state index in [2.05, 4.69) is 33.9 Å². The zero-order valence-corrected chi connectivity index (χ0v) is 17.1. The van der Waals surface area contributed by atoms with Crippen molar-refractivity contribution in [3.8, 4) is 0 Å². The number of amides is 1. The minimum Gasteiger partial charge on any atom is -0.465 e. The SMILES string of the molecule is CC(C)(C)[Si](C)(C)OC1CCN(C(=O)O)C(c2ccc([N+](=O)[O-])cc2)C1. The number of carboxylic acid groups (broad SMARTS) is 1. The van der Waals surface area contributed by atoms with Crippen molar-refractivity contribution in [2.24, 2.45) is 0 Å². The van der Waals surface area contributed by atoms with E-state index in [1.54, 1.807) is 12.1 Å². The summed E-state index contributed by atoms with van der Waals surface area (Å²) in [6, 6.07) is 5.79. The van der Waals surface area contributed by atoms with Gasteiger partial charge in [0, 0.05) is 24.8 Å². The van der Waals surface area contributed by atoms with Gasteiger partial charge >= 0.3 is 6.09 Å². The molecule has 2 rings (SSSR count). The lowest BCUT2D eigenvalue weighted by atomic mass is 9.93. The van der Waals surface area contributed by atoms with Crippen LogP contribution in [0.4, 0.5) is 10.5 Å². The molecule has 2 atom stereocenters. The Balaban J connectivity index is 2.23. The van der Waals surface area contributed by atoms with E-state index in [-0.39, 0.29) is 22.9 Å². The Morgan fingerprint density at radius 3 is 2.35 bits per heavy atom. The Morgan fingerprint density at radius 2 is 1.88 bits per heavy atom. The van der Waals surface area contributed by atoms with Gasteiger partial charge in [-0.15, -0.1) is 0 Å². The maximum atomic E-state index is 11.6. The number of hydrogen-bond donors (Lipinski definition) is 1. The Kier molecular flexibility index (Phi) is 5.77. The number of piperidine rings is 1. The molecule has 1 heterocycles. The van der Waals surface area contributed by atoms with E-state index in [1.807, 2.05) is 0 Å². The van der Waals surface area contributed by atoms with Crippen LogP contribution in [0.25, 0.3) is 0 Å². The number of rotatable bonds is 4. The lowest BCUT2D eigenvalue weighted by molar-refractivity contribution is -0.384. The van der Waals surface area contributed by atoms with Gasteiger partial charge in [0.2, 0.25) is 0 Å². The molecule has 0 saturated carbocycles. The summed E-state index contributed by atoms with van der Waals surface area (Å²) in [4.78, 5) is 23.5. The van der Waals surface area contributed by atoms with Gasteiger partial charge in [-0.25, -0.2) is 4.79 Å². The van der Waals surface area contributed by atoms with E-state index in [9.17, 15) is 20.0 Å². The molecule has 1 aromatic carbocycles. The maximum Gasteiger partial charge on any atom is 0.407 e. The monoisotopic (exact) mass is 380 g/mol. The highest BCUT2D eigenvalue weighted by Gasteiger charge is 2.42. The number of non-ortho nitro benzene ring substituents is 1. The summed E-state index contributed by atoms with van der Waals surface area (Å²) in [6.45, 7) is 11.3. The van der Waals surface area contributed by atoms with Crippen molar-refractivity contribution in [2.45, 2.75) is 63.9 Å². The van der Waals surface area contributed by atoms with E-state index in [4.69, 9.17) is 4.43 Å².